The lowest BCUT2D eigenvalue weighted by molar-refractivity contribution is 0.134. The van der Waals surface area contributed by atoms with Crippen LogP contribution in [0.15, 0.2) is 30.6 Å². The number of nitrogens with one attached hydrogen (secondary N) is 1. The second kappa shape index (κ2) is 7.79. The fourth-order valence-corrected chi connectivity index (χ4v) is 3.34. The quantitative estimate of drug-likeness (QED) is 0.603. The van der Waals surface area contributed by atoms with Crippen molar-refractivity contribution in [1.29, 1.82) is 0 Å². The van der Waals surface area contributed by atoms with Crippen LogP contribution in [0.5, 0.6) is 5.75 Å². The van der Waals surface area contributed by atoms with Gasteiger partial charge in [0, 0.05) is 23.5 Å². The second-order valence-corrected chi connectivity index (χ2v) is 7.64. The van der Waals surface area contributed by atoms with E-state index in [0.717, 1.165) is 0 Å². The van der Waals surface area contributed by atoms with Gasteiger partial charge in [-0.3, -0.25) is 0 Å². The van der Waals surface area contributed by atoms with E-state index in [-0.39, 0.29) is 23.4 Å². The van der Waals surface area contributed by atoms with E-state index in [1.54, 1.807) is 0 Å². The molecule has 0 radical (unpaired) electrons. The van der Waals surface area contributed by atoms with Gasteiger partial charge >= 0.3 is 0 Å². The predicted octanol–water partition coefficient (Wildman–Crippen LogP) is 4.84. The molecule has 0 unspecified atom stereocenters. The van der Waals surface area contributed by atoms with Crippen LogP contribution in [-0.2, 0) is 0 Å². The lowest BCUT2D eigenvalue weighted by Crippen LogP contribution is -2.43. The Morgan fingerprint density at radius 3 is 2.68 bits per heavy atom. The molecule has 0 spiro atoms. The zero-order chi connectivity index (χ0) is 20.5. The molecule has 0 saturated carbocycles. The summed E-state index contributed by atoms with van der Waals surface area (Å²) < 4.78 is 47.0. The smallest absolute Gasteiger partial charge is 0.284 e. The number of halogens is 3. The molecule has 0 aliphatic heterocycles. The number of ether oxygens (including phenoxy) is 1. The van der Waals surface area contributed by atoms with Crippen molar-refractivity contribution in [3.63, 3.8) is 0 Å². The molecular weight excluding hydrogens is 369 g/mol. The van der Waals surface area contributed by atoms with Gasteiger partial charge in [-0.25, -0.2) is 23.1 Å². The lowest BCUT2D eigenvalue weighted by atomic mass is 9.93. The Morgan fingerprint density at radius 1 is 1.25 bits per heavy atom. The standard InChI is InChI=1S/C20H23F3N4O/c1-11(2)8-20(3,24)10-28-15-5-4-14(27-17(15)18(22)23)12-9-26-19-16(12)13(21)6-7-25-19/h4-7,9,11,18H,8,10,24H2,1-3H3,(H,25,26)/t20-/m0/s1. The summed E-state index contributed by atoms with van der Waals surface area (Å²) in [6.07, 6.45) is 0.661. The van der Waals surface area contributed by atoms with Crippen molar-refractivity contribution in [2.24, 2.45) is 11.7 Å². The molecule has 3 heterocycles. The van der Waals surface area contributed by atoms with Crippen molar-refractivity contribution >= 4 is 11.0 Å². The van der Waals surface area contributed by atoms with Crippen molar-refractivity contribution in [3.05, 3.63) is 42.1 Å². The summed E-state index contributed by atoms with van der Waals surface area (Å²) >= 11 is 0. The van der Waals surface area contributed by atoms with Crippen molar-refractivity contribution in [3.8, 4) is 17.0 Å². The molecule has 0 saturated heterocycles. The Bertz CT molecular complexity index is 969. The molecule has 0 amide bonds. The molecule has 1 atom stereocenters. The van der Waals surface area contributed by atoms with Crippen molar-refractivity contribution in [2.75, 3.05) is 6.61 Å². The van der Waals surface area contributed by atoms with Gasteiger partial charge in [0.25, 0.3) is 6.43 Å². The van der Waals surface area contributed by atoms with Crippen LogP contribution >= 0.6 is 0 Å². The van der Waals surface area contributed by atoms with Crippen LogP contribution in [0.2, 0.25) is 0 Å². The third-order valence-electron chi connectivity index (χ3n) is 4.32. The van der Waals surface area contributed by atoms with Crippen LogP contribution < -0.4 is 10.5 Å². The summed E-state index contributed by atoms with van der Waals surface area (Å²) in [6.45, 7) is 5.96. The van der Waals surface area contributed by atoms with Crippen LogP contribution in [0.4, 0.5) is 13.2 Å². The molecule has 28 heavy (non-hydrogen) atoms. The first-order valence-corrected chi connectivity index (χ1v) is 9.00. The number of H-pyrrole nitrogens is 1. The first-order valence-electron chi connectivity index (χ1n) is 9.00. The Morgan fingerprint density at radius 2 is 2.00 bits per heavy atom. The molecule has 0 aromatic carbocycles. The maximum absolute atomic E-state index is 14.2. The second-order valence-electron chi connectivity index (χ2n) is 7.64. The van der Waals surface area contributed by atoms with Crippen LogP contribution in [-0.4, -0.2) is 27.1 Å². The molecule has 0 fully saturated rings. The number of fused-ring (bicyclic) bond motifs is 1. The van der Waals surface area contributed by atoms with E-state index >= 15 is 0 Å². The molecule has 150 valence electrons. The first-order chi connectivity index (χ1) is 13.2. The normalized spacial score (nSPS) is 14.0. The van der Waals surface area contributed by atoms with Crippen LogP contribution in [0.1, 0.15) is 39.3 Å². The van der Waals surface area contributed by atoms with Crippen molar-refractivity contribution < 1.29 is 17.9 Å². The number of hydrogen-bond acceptors (Lipinski definition) is 4. The van der Waals surface area contributed by atoms with Gasteiger partial charge in [-0.05, 0) is 37.5 Å². The maximum Gasteiger partial charge on any atom is 0.284 e. The number of nitrogens with two attached hydrogens (primary N) is 1. The summed E-state index contributed by atoms with van der Waals surface area (Å²) in [4.78, 5) is 10.9. The molecule has 8 heteroatoms. The summed E-state index contributed by atoms with van der Waals surface area (Å²) in [6, 6.07) is 4.15. The third kappa shape index (κ3) is 4.27. The minimum absolute atomic E-state index is 0.0300. The lowest BCUT2D eigenvalue weighted by Gasteiger charge is -2.27. The van der Waals surface area contributed by atoms with Gasteiger partial charge in [-0.1, -0.05) is 13.8 Å². The molecule has 3 aromatic heterocycles. The molecular formula is C20H23F3N4O. The molecule has 0 aliphatic rings. The number of nitrogens with zero attached hydrogens (tertiary/aromatic N) is 2. The topological polar surface area (TPSA) is 76.8 Å². The van der Waals surface area contributed by atoms with Crippen molar-refractivity contribution in [2.45, 2.75) is 39.2 Å². The number of alkyl halides is 2. The fraction of sp³-hybridized carbons (Fsp3) is 0.400. The summed E-state index contributed by atoms with van der Waals surface area (Å²) in [5.74, 6) is -0.189. The monoisotopic (exact) mass is 392 g/mol. The van der Waals surface area contributed by atoms with E-state index in [2.05, 4.69) is 15.0 Å². The Kier molecular flexibility index (Phi) is 5.60. The van der Waals surface area contributed by atoms with Gasteiger partial charge in [0.15, 0.2) is 0 Å². The largest absolute Gasteiger partial charge is 0.490 e. The van der Waals surface area contributed by atoms with Crippen LogP contribution in [0, 0.1) is 11.7 Å². The highest BCUT2D eigenvalue weighted by Gasteiger charge is 2.24. The predicted molar refractivity (Wildman–Crippen MR) is 102 cm³/mol. The van der Waals surface area contributed by atoms with Crippen LogP contribution in [0.3, 0.4) is 0 Å². The summed E-state index contributed by atoms with van der Waals surface area (Å²) in [5, 5.41) is 0.204. The number of hydrogen-bond donors (Lipinski definition) is 2. The van der Waals surface area contributed by atoms with E-state index in [9.17, 15) is 13.2 Å². The number of rotatable bonds is 7. The number of aromatic nitrogens is 3. The highest BCUT2D eigenvalue weighted by atomic mass is 19.3. The number of pyridine rings is 2. The zero-order valence-electron chi connectivity index (χ0n) is 16.0. The molecule has 3 rings (SSSR count). The Hall–Kier alpha value is -2.61. The molecule has 5 nitrogen and oxygen atoms in total. The van der Waals surface area contributed by atoms with Gasteiger partial charge in [0.2, 0.25) is 0 Å². The fourth-order valence-electron chi connectivity index (χ4n) is 3.34. The van der Waals surface area contributed by atoms with E-state index in [1.165, 1.54) is 30.6 Å². The average Bonchev–Trinajstić information content (AvgIpc) is 3.04. The average molecular weight is 392 g/mol. The SMILES string of the molecule is CC(C)C[C@](C)(N)COc1ccc(-c2c[nH]c3nccc(F)c23)nc1C(F)F. The highest BCUT2D eigenvalue weighted by molar-refractivity contribution is 5.92. The Balaban J connectivity index is 1.93. The minimum Gasteiger partial charge on any atom is -0.490 e. The van der Waals surface area contributed by atoms with E-state index < -0.39 is 23.5 Å². The van der Waals surface area contributed by atoms with E-state index in [4.69, 9.17) is 10.5 Å². The minimum atomic E-state index is -2.85. The van der Waals surface area contributed by atoms with Crippen LogP contribution in [0.25, 0.3) is 22.3 Å². The van der Waals surface area contributed by atoms with Gasteiger partial charge in [-0.15, -0.1) is 0 Å². The first kappa shape index (κ1) is 20.1. The molecule has 0 bridgehead atoms. The van der Waals surface area contributed by atoms with E-state index in [1.807, 2.05) is 20.8 Å². The van der Waals surface area contributed by atoms with Gasteiger partial charge in [0.1, 0.15) is 29.5 Å². The zero-order valence-corrected chi connectivity index (χ0v) is 16.0. The molecule has 3 N–H and O–H groups in total. The number of aromatic amines is 1. The third-order valence-corrected chi connectivity index (χ3v) is 4.32. The molecule has 0 aliphatic carbocycles. The van der Waals surface area contributed by atoms with Gasteiger partial charge in [-0.2, -0.15) is 0 Å². The Labute approximate surface area is 161 Å². The van der Waals surface area contributed by atoms with E-state index in [0.29, 0.717) is 23.5 Å². The maximum atomic E-state index is 14.2. The summed E-state index contributed by atoms with van der Waals surface area (Å²) in [7, 11) is 0. The molecule has 3 aromatic rings. The van der Waals surface area contributed by atoms with Gasteiger partial charge in [0.05, 0.1) is 11.1 Å². The van der Waals surface area contributed by atoms with Gasteiger partial charge < -0.3 is 15.5 Å². The van der Waals surface area contributed by atoms with Crippen molar-refractivity contribution in [1.82, 2.24) is 15.0 Å². The highest BCUT2D eigenvalue weighted by Crippen LogP contribution is 2.34. The summed E-state index contributed by atoms with van der Waals surface area (Å²) in [5.41, 5.74) is 5.92.